The van der Waals surface area contributed by atoms with Crippen LogP contribution in [0.4, 0.5) is 17.1 Å². The molecule has 0 saturated carbocycles. The SMILES string of the molecule is c1ccc(-c2cccc(-c3ccc(N(c4cccc(-c5ccc6c(c5)c5ccccc5n6-c5ccccc5)c4)c4cccc(-c5ccccc5)c4-c4ccccc4-c4ccccc4)cc3)c2)cc1. The monoisotopic (exact) mass is 866 g/mol. The molecular weight excluding hydrogens is 821 g/mol. The van der Waals surface area contributed by atoms with Gasteiger partial charge in [0.05, 0.1) is 16.7 Å². The van der Waals surface area contributed by atoms with E-state index in [0.717, 1.165) is 45.0 Å². The van der Waals surface area contributed by atoms with Crippen LogP contribution in [0.3, 0.4) is 0 Å². The first-order valence-corrected chi connectivity index (χ1v) is 23.3. The molecule has 0 bridgehead atoms. The molecule has 0 spiro atoms. The van der Waals surface area contributed by atoms with E-state index in [2.05, 4.69) is 289 Å². The number of anilines is 3. The summed E-state index contributed by atoms with van der Waals surface area (Å²) in [6.07, 6.45) is 0. The third-order valence-corrected chi connectivity index (χ3v) is 13.2. The Kier molecular flexibility index (Phi) is 10.6. The zero-order chi connectivity index (χ0) is 45.2. The normalized spacial score (nSPS) is 11.2. The molecule has 320 valence electrons. The second-order valence-corrected chi connectivity index (χ2v) is 17.3. The second kappa shape index (κ2) is 17.8. The minimum atomic E-state index is 1.06. The molecule has 0 aliphatic carbocycles. The van der Waals surface area contributed by atoms with Gasteiger partial charge in [0, 0.05) is 33.4 Å². The van der Waals surface area contributed by atoms with Crippen LogP contribution >= 0.6 is 0 Å². The van der Waals surface area contributed by atoms with Crippen molar-refractivity contribution in [2.75, 3.05) is 4.90 Å². The van der Waals surface area contributed by atoms with Gasteiger partial charge in [-0.25, -0.2) is 0 Å². The topological polar surface area (TPSA) is 8.17 Å². The van der Waals surface area contributed by atoms with Crippen molar-refractivity contribution in [1.82, 2.24) is 4.57 Å². The largest absolute Gasteiger partial charge is 0.310 e. The van der Waals surface area contributed by atoms with Crippen LogP contribution < -0.4 is 4.90 Å². The molecule has 0 saturated heterocycles. The van der Waals surface area contributed by atoms with E-state index in [0.29, 0.717) is 0 Å². The van der Waals surface area contributed by atoms with E-state index in [1.54, 1.807) is 0 Å². The number of para-hydroxylation sites is 2. The number of fused-ring (bicyclic) bond motifs is 3. The average Bonchev–Trinajstić information content (AvgIpc) is 3.76. The Morgan fingerprint density at radius 2 is 0.721 bits per heavy atom. The Hall–Kier alpha value is -8.98. The van der Waals surface area contributed by atoms with Crippen molar-refractivity contribution in [3.63, 3.8) is 0 Å². The van der Waals surface area contributed by atoms with Crippen LogP contribution in [-0.4, -0.2) is 4.57 Å². The van der Waals surface area contributed by atoms with Crippen LogP contribution in [0.1, 0.15) is 0 Å². The molecule has 11 aromatic carbocycles. The first-order chi connectivity index (χ1) is 33.7. The lowest BCUT2D eigenvalue weighted by atomic mass is 9.87. The van der Waals surface area contributed by atoms with Crippen LogP contribution in [0.15, 0.2) is 279 Å². The van der Waals surface area contributed by atoms with Crippen molar-refractivity contribution < 1.29 is 0 Å². The molecule has 2 nitrogen and oxygen atoms in total. The summed E-state index contributed by atoms with van der Waals surface area (Å²) in [5.74, 6) is 0. The van der Waals surface area contributed by atoms with Crippen LogP contribution in [0, 0.1) is 0 Å². The fourth-order valence-corrected chi connectivity index (χ4v) is 10.0. The molecule has 0 aliphatic heterocycles. The Balaban J connectivity index is 1.06. The zero-order valence-corrected chi connectivity index (χ0v) is 37.5. The highest BCUT2D eigenvalue weighted by Gasteiger charge is 2.23. The minimum Gasteiger partial charge on any atom is -0.310 e. The Bertz CT molecular complexity index is 3710. The van der Waals surface area contributed by atoms with Gasteiger partial charge in [-0.1, -0.05) is 212 Å². The van der Waals surface area contributed by atoms with Gasteiger partial charge in [-0.05, 0) is 128 Å². The van der Waals surface area contributed by atoms with Crippen molar-refractivity contribution in [2.45, 2.75) is 0 Å². The molecular formula is C66H46N2. The van der Waals surface area contributed by atoms with Gasteiger partial charge >= 0.3 is 0 Å². The lowest BCUT2D eigenvalue weighted by molar-refractivity contribution is 1.18. The van der Waals surface area contributed by atoms with Gasteiger partial charge in [0.15, 0.2) is 0 Å². The number of hydrogen-bond acceptors (Lipinski definition) is 1. The highest BCUT2D eigenvalue weighted by Crippen LogP contribution is 2.49. The van der Waals surface area contributed by atoms with E-state index in [-0.39, 0.29) is 0 Å². The van der Waals surface area contributed by atoms with Crippen molar-refractivity contribution in [1.29, 1.82) is 0 Å². The number of rotatable bonds is 10. The van der Waals surface area contributed by atoms with E-state index in [4.69, 9.17) is 0 Å². The summed E-state index contributed by atoms with van der Waals surface area (Å²) in [4.78, 5) is 2.46. The van der Waals surface area contributed by atoms with Crippen LogP contribution in [0.5, 0.6) is 0 Å². The summed E-state index contributed by atoms with van der Waals surface area (Å²) in [5, 5.41) is 2.46. The van der Waals surface area contributed by atoms with Crippen molar-refractivity contribution in [3.05, 3.63) is 279 Å². The van der Waals surface area contributed by atoms with Gasteiger partial charge in [-0.2, -0.15) is 0 Å². The Labute approximate surface area is 397 Å². The van der Waals surface area contributed by atoms with Crippen molar-refractivity contribution in [2.24, 2.45) is 0 Å². The van der Waals surface area contributed by atoms with Crippen molar-refractivity contribution in [3.8, 4) is 72.4 Å². The Morgan fingerprint density at radius 1 is 0.250 bits per heavy atom. The fraction of sp³-hybridized carbons (Fsp3) is 0. The van der Waals surface area contributed by atoms with Gasteiger partial charge in [0.2, 0.25) is 0 Å². The molecule has 0 unspecified atom stereocenters. The Morgan fingerprint density at radius 3 is 1.43 bits per heavy atom. The summed E-state index contributed by atoms with van der Waals surface area (Å²) in [6, 6.07) is 101. The molecule has 0 fully saturated rings. The van der Waals surface area contributed by atoms with Crippen LogP contribution in [0.2, 0.25) is 0 Å². The zero-order valence-electron chi connectivity index (χ0n) is 37.5. The average molecular weight is 867 g/mol. The fourth-order valence-electron chi connectivity index (χ4n) is 10.0. The van der Waals surface area contributed by atoms with Gasteiger partial charge in [-0.15, -0.1) is 0 Å². The number of hydrogen-bond donors (Lipinski definition) is 0. The summed E-state index contributed by atoms with van der Waals surface area (Å²) >= 11 is 0. The number of aromatic nitrogens is 1. The molecule has 0 N–H and O–H groups in total. The lowest BCUT2D eigenvalue weighted by Crippen LogP contribution is -2.12. The van der Waals surface area contributed by atoms with E-state index in [1.165, 1.54) is 66.3 Å². The van der Waals surface area contributed by atoms with Gasteiger partial charge in [0.25, 0.3) is 0 Å². The maximum absolute atomic E-state index is 2.46. The second-order valence-electron chi connectivity index (χ2n) is 17.3. The standard InChI is InChI=1S/C66H46N2/c1-5-20-47(21-6-1)51-26-17-27-52(44-51)48-38-41-56(42-39-48)67(65-37-19-35-59(50-24-9-3-10-25-50)66(65)61-34-14-13-32-58(61)49-22-7-2-8-23-49)57-31-18-28-53(45-57)54-40-43-64-62(46-54)60-33-15-16-36-63(60)68(64)55-29-11-4-12-30-55/h1-46H. The van der Waals surface area contributed by atoms with Crippen LogP contribution in [0.25, 0.3) is 94.3 Å². The molecule has 1 heterocycles. The maximum Gasteiger partial charge on any atom is 0.0546 e. The van der Waals surface area contributed by atoms with Gasteiger partial charge < -0.3 is 9.47 Å². The molecule has 0 atom stereocenters. The molecule has 12 rings (SSSR count). The first-order valence-electron chi connectivity index (χ1n) is 23.3. The summed E-state index contributed by atoms with van der Waals surface area (Å²) in [7, 11) is 0. The summed E-state index contributed by atoms with van der Waals surface area (Å²) in [6.45, 7) is 0. The smallest absolute Gasteiger partial charge is 0.0546 e. The molecule has 68 heavy (non-hydrogen) atoms. The third-order valence-electron chi connectivity index (χ3n) is 13.2. The predicted molar refractivity (Wildman–Crippen MR) is 288 cm³/mol. The summed E-state index contributed by atoms with van der Waals surface area (Å²) in [5.41, 5.74) is 20.8. The highest BCUT2D eigenvalue weighted by molar-refractivity contribution is 6.10. The third kappa shape index (κ3) is 7.54. The van der Waals surface area contributed by atoms with Crippen molar-refractivity contribution >= 4 is 38.9 Å². The molecule has 0 aliphatic rings. The quantitative estimate of drug-likeness (QED) is 0.133. The molecule has 0 amide bonds. The number of benzene rings is 11. The molecule has 0 radical (unpaired) electrons. The number of nitrogens with zero attached hydrogens (tertiary/aromatic N) is 2. The maximum atomic E-state index is 2.46. The molecule has 2 heteroatoms. The first kappa shape index (κ1) is 40.5. The van der Waals surface area contributed by atoms with E-state index in [1.807, 2.05) is 0 Å². The van der Waals surface area contributed by atoms with E-state index >= 15 is 0 Å². The molecule has 12 aromatic rings. The highest BCUT2D eigenvalue weighted by atomic mass is 15.1. The van der Waals surface area contributed by atoms with Crippen LogP contribution in [-0.2, 0) is 0 Å². The van der Waals surface area contributed by atoms with Gasteiger partial charge in [0.1, 0.15) is 0 Å². The predicted octanol–water partition coefficient (Wildman–Crippen LogP) is 18.3. The summed E-state index contributed by atoms with van der Waals surface area (Å²) < 4.78 is 2.38. The van der Waals surface area contributed by atoms with E-state index in [9.17, 15) is 0 Å². The minimum absolute atomic E-state index is 1.06. The van der Waals surface area contributed by atoms with E-state index < -0.39 is 0 Å². The molecule has 1 aromatic heterocycles. The van der Waals surface area contributed by atoms with Gasteiger partial charge in [-0.3, -0.25) is 0 Å². The lowest BCUT2D eigenvalue weighted by Gasteiger charge is -2.30.